The van der Waals surface area contributed by atoms with Crippen molar-refractivity contribution in [1.29, 1.82) is 0 Å². The SMILES string of the molecule is COc1ccc(C(C)=O)cc1CC(=O)NCCSc1ccc(C)cc1. The van der Waals surface area contributed by atoms with Gasteiger partial charge in [-0.2, -0.15) is 0 Å². The molecule has 0 saturated heterocycles. The average molecular weight is 357 g/mol. The van der Waals surface area contributed by atoms with Crippen LogP contribution in [0.4, 0.5) is 0 Å². The summed E-state index contributed by atoms with van der Waals surface area (Å²) in [5, 5.41) is 2.91. The predicted molar refractivity (Wildman–Crippen MR) is 102 cm³/mol. The molecule has 0 heterocycles. The fraction of sp³-hybridized carbons (Fsp3) is 0.300. The number of methoxy groups -OCH3 is 1. The molecule has 4 nitrogen and oxygen atoms in total. The third-order valence-electron chi connectivity index (χ3n) is 3.75. The third-order valence-corrected chi connectivity index (χ3v) is 4.77. The Labute approximate surface area is 153 Å². The summed E-state index contributed by atoms with van der Waals surface area (Å²) < 4.78 is 5.28. The smallest absolute Gasteiger partial charge is 0.224 e. The van der Waals surface area contributed by atoms with Crippen molar-refractivity contribution >= 4 is 23.5 Å². The lowest BCUT2D eigenvalue weighted by Gasteiger charge is -2.10. The Hall–Kier alpha value is -2.27. The first-order valence-electron chi connectivity index (χ1n) is 8.13. The molecular weight excluding hydrogens is 334 g/mol. The molecule has 0 unspecified atom stereocenters. The fourth-order valence-corrected chi connectivity index (χ4v) is 3.13. The van der Waals surface area contributed by atoms with Crippen molar-refractivity contribution in [3.8, 4) is 5.75 Å². The Morgan fingerprint density at radius 2 is 1.84 bits per heavy atom. The van der Waals surface area contributed by atoms with Crippen LogP contribution in [0.2, 0.25) is 0 Å². The monoisotopic (exact) mass is 357 g/mol. The summed E-state index contributed by atoms with van der Waals surface area (Å²) in [6.45, 7) is 4.16. The number of nitrogens with one attached hydrogen (secondary N) is 1. The first-order valence-corrected chi connectivity index (χ1v) is 9.12. The van der Waals surface area contributed by atoms with Crippen molar-refractivity contribution in [3.63, 3.8) is 0 Å². The molecule has 1 amide bonds. The van der Waals surface area contributed by atoms with Gasteiger partial charge in [0.15, 0.2) is 5.78 Å². The van der Waals surface area contributed by atoms with E-state index in [0.717, 1.165) is 11.3 Å². The molecule has 2 aromatic rings. The summed E-state index contributed by atoms with van der Waals surface area (Å²) in [6.07, 6.45) is 0.194. The number of benzene rings is 2. The van der Waals surface area contributed by atoms with Gasteiger partial charge in [0.1, 0.15) is 5.75 Å². The van der Waals surface area contributed by atoms with Gasteiger partial charge >= 0.3 is 0 Å². The number of Topliss-reactive ketones (excluding diaryl/α,β-unsaturated/α-hetero) is 1. The number of thioether (sulfide) groups is 1. The van der Waals surface area contributed by atoms with E-state index >= 15 is 0 Å². The summed E-state index contributed by atoms with van der Waals surface area (Å²) in [4.78, 5) is 24.9. The Kier molecular flexibility index (Phi) is 7.07. The van der Waals surface area contributed by atoms with Crippen LogP contribution in [0.3, 0.4) is 0 Å². The van der Waals surface area contributed by atoms with E-state index in [-0.39, 0.29) is 18.1 Å². The van der Waals surface area contributed by atoms with Crippen LogP contribution in [0.25, 0.3) is 0 Å². The van der Waals surface area contributed by atoms with Gasteiger partial charge in [-0.25, -0.2) is 0 Å². The number of aryl methyl sites for hydroxylation is 1. The molecule has 0 aromatic heterocycles. The van der Waals surface area contributed by atoms with Gasteiger partial charge in [-0.1, -0.05) is 17.7 Å². The lowest BCUT2D eigenvalue weighted by molar-refractivity contribution is -0.120. The minimum absolute atomic E-state index is 0.0289. The van der Waals surface area contributed by atoms with Crippen LogP contribution < -0.4 is 10.1 Å². The number of carbonyl (C=O) groups is 2. The normalized spacial score (nSPS) is 10.4. The molecule has 1 N–H and O–H groups in total. The molecule has 0 aliphatic heterocycles. The fourth-order valence-electron chi connectivity index (χ4n) is 2.37. The second-order valence-corrected chi connectivity index (χ2v) is 6.94. The van der Waals surface area contributed by atoms with Crippen LogP contribution in [-0.4, -0.2) is 31.1 Å². The number of hydrogen-bond acceptors (Lipinski definition) is 4. The van der Waals surface area contributed by atoms with Crippen LogP contribution in [0.5, 0.6) is 5.75 Å². The van der Waals surface area contributed by atoms with Gasteiger partial charge in [-0.15, -0.1) is 11.8 Å². The van der Waals surface area contributed by atoms with E-state index in [1.54, 1.807) is 37.1 Å². The largest absolute Gasteiger partial charge is 0.496 e. The van der Waals surface area contributed by atoms with Crippen molar-refractivity contribution in [2.75, 3.05) is 19.4 Å². The zero-order chi connectivity index (χ0) is 18.2. The van der Waals surface area contributed by atoms with Gasteiger partial charge in [0.25, 0.3) is 0 Å². The van der Waals surface area contributed by atoms with Gasteiger partial charge in [0.05, 0.1) is 13.5 Å². The summed E-state index contributed by atoms with van der Waals surface area (Å²) in [5.41, 5.74) is 2.54. The molecule has 2 rings (SSSR count). The Bertz CT molecular complexity index is 741. The molecule has 0 aliphatic carbocycles. The highest BCUT2D eigenvalue weighted by Gasteiger charge is 2.11. The summed E-state index contributed by atoms with van der Waals surface area (Å²) in [6, 6.07) is 13.5. The summed E-state index contributed by atoms with van der Waals surface area (Å²) in [7, 11) is 1.56. The zero-order valence-corrected chi connectivity index (χ0v) is 15.6. The second-order valence-electron chi connectivity index (χ2n) is 5.77. The van der Waals surface area contributed by atoms with E-state index in [1.807, 2.05) is 0 Å². The molecular formula is C20H23NO3S. The molecule has 5 heteroatoms. The predicted octanol–water partition coefficient (Wildman–Crippen LogP) is 3.66. The van der Waals surface area contributed by atoms with E-state index in [9.17, 15) is 9.59 Å². The highest BCUT2D eigenvalue weighted by molar-refractivity contribution is 7.99. The summed E-state index contributed by atoms with van der Waals surface area (Å²) in [5.74, 6) is 1.32. The number of ether oxygens (including phenoxy) is 1. The molecule has 132 valence electrons. The maximum atomic E-state index is 12.2. The van der Waals surface area contributed by atoms with E-state index in [1.165, 1.54) is 17.4 Å². The van der Waals surface area contributed by atoms with Crippen LogP contribution in [0, 0.1) is 6.92 Å². The van der Waals surface area contributed by atoms with Crippen molar-refractivity contribution in [3.05, 3.63) is 59.2 Å². The summed E-state index contributed by atoms with van der Waals surface area (Å²) >= 11 is 1.71. The lowest BCUT2D eigenvalue weighted by atomic mass is 10.0. The van der Waals surface area contributed by atoms with Crippen LogP contribution in [0.1, 0.15) is 28.4 Å². The van der Waals surface area contributed by atoms with Crippen LogP contribution in [-0.2, 0) is 11.2 Å². The van der Waals surface area contributed by atoms with Crippen LogP contribution >= 0.6 is 11.8 Å². The van der Waals surface area contributed by atoms with Crippen molar-refractivity contribution in [1.82, 2.24) is 5.32 Å². The first-order chi connectivity index (χ1) is 12.0. The molecule has 0 radical (unpaired) electrons. The van der Waals surface area contributed by atoms with Crippen molar-refractivity contribution in [2.45, 2.75) is 25.2 Å². The van der Waals surface area contributed by atoms with Crippen LogP contribution in [0.15, 0.2) is 47.4 Å². The Morgan fingerprint density at radius 3 is 2.48 bits per heavy atom. The van der Waals surface area contributed by atoms with E-state index in [4.69, 9.17) is 4.74 Å². The number of amides is 1. The molecule has 0 fully saturated rings. The lowest BCUT2D eigenvalue weighted by Crippen LogP contribution is -2.27. The zero-order valence-electron chi connectivity index (χ0n) is 14.8. The maximum absolute atomic E-state index is 12.2. The Morgan fingerprint density at radius 1 is 1.12 bits per heavy atom. The highest BCUT2D eigenvalue weighted by Crippen LogP contribution is 2.21. The number of rotatable bonds is 8. The minimum Gasteiger partial charge on any atom is -0.496 e. The third kappa shape index (κ3) is 5.94. The number of hydrogen-bond donors (Lipinski definition) is 1. The highest BCUT2D eigenvalue weighted by atomic mass is 32.2. The number of ketones is 1. The van der Waals surface area contributed by atoms with Gasteiger partial charge in [0, 0.05) is 28.3 Å². The van der Waals surface area contributed by atoms with Gasteiger partial charge in [-0.3, -0.25) is 9.59 Å². The molecule has 0 spiro atoms. The van der Waals surface area contributed by atoms with Crippen molar-refractivity contribution in [2.24, 2.45) is 0 Å². The van der Waals surface area contributed by atoms with E-state index in [2.05, 4.69) is 36.5 Å². The first kappa shape index (κ1) is 19.1. The van der Waals surface area contributed by atoms with Gasteiger partial charge in [0.2, 0.25) is 5.91 Å². The Balaban J connectivity index is 1.84. The van der Waals surface area contributed by atoms with Gasteiger partial charge < -0.3 is 10.1 Å². The second kappa shape index (κ2) is 9.28. The van der Waals surface area contributed by atoms with Gasteiger partial charge in [-0.05, 0) is 44.2 Å². The van der Waals surface area contributed by atoms with E-state index in [0.29, 0.717) is 17.9 Å². The molecule has 25 heavy (non-hydrogen) atoms. The van der Waals surface area contributed by atoms with E-state index < -0.39 is 0 Å². The average Bonchev–Trinajstić information content (AvgIpc) is 2.60. The quantitative estimate of drug-likeness (QED) is 0.445. The standard InChI is InChI=1S/C20H23NO3S/c1-14-4-7-18(8-5-14)25-11-10-21-20(23)13-17-12-16(15(2)22)6-9-19(17)24-3/h4-9,12H,10-11,13H2,1-3H3,(H,21,23). The maximum Gasteiger partial charge on any atom is 0.224 e. The molecule has 0 bridgehead atoms. The molecule has 0 aliphatic rings. The molecule has 0 atom stereocenters. The number of carbonyl (C=O) groups excluding carboxylic acids is 2. The topological polar surface area (TPSA) is 55.4 Å². The molecule has 0 saturated carbocycles. The van der Waals surface area contributed by atoms with Crippen molar-refractivity contribution < 1.29 is 14.3 Å². The molecule has 2 aromatic carbocycles. The minimum atomic E-state index is -0.0801.